The zero-order chi connectivity index (χ0) is 22.1. The van der Waals surface area contributed by atoms with Crippen LogP contribution >= 0.6 is 0 Å². The van der Waals surface area contributed by atoms with E-state index in [1.54, 1.807) is 6.20 Å². The third-order valence-corrected chi connectivity index (χ3v) is 6.71. The van der Waals surface area contributed by atoms with Crippen LogP contribution < -0.4 is 4.74 Å². The summed E-state index contributed by atoms with van der Waals surface area (Å²) in [4.78, 5) is 15.3. The Hall–Kier alpha value is -3.12. The summed E-state index contributed by atoms with van der Waals surface area (Å²) in [5, 5.41) is 14.8. The van der Waals surface area contributed by atoms with E-state index in [1.807, 2.05) is 34.0 Å². The second-order valence-electron chi connectivity index (χ2n) is 8.83. The number of aromatic nitrogens is 2. The third kappa shape index (κ3) is 4.02. The smallest absolute Gasteiger partial charge is 0.258 e. The van der Waals surface area contributed by atoms with Crippen LogP contribution in [0.25, 0.3) is 5.69 Å². The number of nitrogens with zero attached hydrogens (tertiary/aromatic N) is 3. The number of aryl methyl sites for hydroxylation is 1. The highest BCUT2D eigenvalue weighted by molar-refractivity contribution is 5.98. The molecule has 0 spiro atoms. The molecule has 1 fully saturated rings. The molecular weight excluding hydrogens is 402 g/mol. The minimum Gasteiger partial charge on any atom is -0.491 e. The number of hydrogen-bond acceptors (Lipinski definition) is 4. The van der Waals surface area contributed by atoms with Gasteiger partial charge in [0.25, 0.3) is 5.91 Å². The summed E-state index contributed by atoms with van der Waals surface area (Å²) in [5.74, 6) is 0.622. The Balaban J connectivity index is 1.41. The topological polar surface area (TPSA) is 67.6 Å². The Morgan fingerprint density at radius 3 is 2.72 bits per heavy atom. The van der Waals surface area contributed by atoms with Gasteiger partial charge in [0.05, 0.1) is 29.9 Å². The number of carbonyl (C=O) groups is 1. The van der Waals surface area contributed by atoms with Crippen LogP contribution in [0.5, 0.6) is 5.75 Å². The number of benzene rings is 2. The fourth-order valence-corrected chi connectivity index (χ4v) is 4.89. The van der Waals surface area contributed by atoms with Crippen molar-refractivity contribution in [2.45, 2.75) is 51.2 Å². The van der Waals surface area contributed by atoms with Crippen molar-refractivity contribution >= 4 is 5.91 Å². The van der Waals surface area contributed by atoms with Crippen molar-refractivity contribution in [3.05, 3.63) is 77.1 Å². The number of aliphatic hydroxyl groups excluding tert-OH is 1. The van der Waals surface area contributed by atoms with Crippen molar-refractivity contribution in [3.63, 3.8) is 0 Å². The maximum absolute atomic E-state index is 13.5. The Morgan fingerprint density at radius 1 is 1.16 bits per heavy atom. The number of ether oxygens (including phenoxy) is 1. The van der Waals surface area contributed by atoms with Gasteiger partial charge in [0.1, 0.15) is 12.4 Å². The van der Waals surface area contributed by atoms with Gasteiger partial charge in [-0.25, -0.2) is 4.68 Å². The molecule has 1 saturated carbocycles. The summed E-state index contributed by atoms with van der Waals surface area (Å²) in [6.45, 7) is 3.03. The summed E-state index contributed by atoms with van der Waals surface area (Å²) >= 11 is 0. The lowest BCUT2D eigenvalue weighted by atomic mass is 9.90. The monoisotopic (exact) mass is 431 g/mol. The van der Waals surface area contributed by atoms with Crippen LogP contribution in [0, 0.1) is 6.92 Å². The van der Waals surface area contributed by atoms with Crippen LogP contribution in [-0.2, 0) is 6.42 Å². The first-order chi connectivity index (χ1) is 15.6. The summed E-state index contributed by atoms with van der Waals surface area (Å²) in [6, 6.07) is 14.1. The molecule has 1 amide bonds. The van der Waals surface area contributed by atoms with Crippen LogP contribution in [-0.4, -0.2) is 51.0 Å². The number of fused-ring (bicyclic) bond motifs is 1. The second kappa shape index (κ2) is 8.79. The average Bonchev–Trinajstić information content (AvgIpc) is 3.29. The van der Waals surface area contributed by atoms with E-state index in [0.29, 0.717) is 24.5 Å². The van der Waals surface area contributed by atoms with Crippen molar-refractivity contribution in [1.29, 1.82) is 0 Å². The fraction of sp³-hybridized carbons (Fsp3) is 0.385. The van der Waals surface area contributed by atoms with Crippen molar-refractivity contribution in [2.75, 3.05) is 13.2 Å². The predicted molar refractivity (Wildman–Crippen MR) is 122 cm³/mol. The van der Waals surface area contributed by atoms with Gasteiger partial charge in [-0.2, -0.15) is 5.10 Å². The Labute approximate surface area is 188 Å². The van der Waals surface area contributed by atoms with Gasteiger partial charge in [0, 0.05) is 12.4 Å². The van der Waals surface area contributed by atoms with E-state index in [2.05, 4.69) is 36.3 Å². The minimum absolute atomic E-state index is 0.0290. The number of carbonyl (C=O) groups excluding carboxylic acids is 1. The Kier molecular flexibility index (Phi) is 5.70. The number of rotatable bonds is 4. The van der Waals surface area contributed by atoms with Gasteiger partial charge in [-0.1, -0.05) is 25.0 Å². The summed E-state index contributed by atoms with van der Waals surface area (Å²) in [6.07, 6.45) is 7.65. The zero-order valence-electron chi connectivity index (χ0n) is 18.4. The lowest BCUT2D eigenvalue weighted by molar-refractivity contribution is 0.0165. The van der Waals surface area contributed by atoms with E-state index >= 15 is 0 Å². The van der Waals surface area contributed by atoms with Crippen molar-refractivity contribution in [1.82, 2.24) is 14.7 Å². The molecule has 32 heavy (non-hydrogen) atoms. The molecule has 2 aromatic carbocycles. The van der Waals surface area contributed by atoms with Gasteiger partial charge in [0.15, 0.2) is 0 Å². The molecule has 2 atom stereocenters. The zero-order valence-corrected chi connectivity index (χ0v) is 18.4. The summed E-state index contributed by atoms with van der Waals surface area (Å²) < 4.78 is 7.80. The minimum atomic E-state index is -0.451. The number of amides is 1. The highest BCUT2D eigenvalue weighted by Gasteiger charge is 2.35. The molecule has 5 rings (SSSR count). The molecule has 1 aromatic heterocycles. The SMILES string of the molecule is Cc1cc2c(cc1Cc1ccc(-n3cccn3)cc1)C(=O)N(C1CCCCC1O)CCO2. The molecule has 1 N–H and O–H groups in total. The van der Waals surface area contributed by atoms with Crippen LogP contribution in [0.2, 0.25) is 0 Å². The molecule has 1 aliphatic heterocycles. The van der Waals surface area contributed by atoms with E-state index < -0.39 is 6.10 Å². The van der Waals surface area contributed by atoms with Gasteiger partial charge < -0.3 is 14.7 Å². The second-order valence-corrected chi connectivity index (χ2v) is 8.83. The fourth-order valence-electron chi connectivity index (χ4n) is 4.89. The molecule has 6 heteroatoms. The summed E-state index contributed by atoms with van der Waals surface area (Å²) in [7, 11) is 0. The molecule has 0 bridgehead atoms. The molecule has 1 aliphatic carbocycles. The Morgan fingerprint density at radius 2 is 1.97 bits per heavy atom. The Bertz CT molecular complexity index is 1090. The van der Waals surface area contributed by atoms with Gasteiger partial charge in [0.2, 0.25) is 0 Å². The highest BCUT2D eigenvalue weighted by atomic mass is 16.5. The van der Waals surface area contributed by atoms with Gasteiger partial charge >= 0.3 is 0 Å². The van der Waals surface area contributed by atoms with Gasteiger partial charge in [-0.05, 0) is 73.2 Å². The number of aliphatic hydroxyl groups is 1. The molecule has 3 aromatic rings. The molecule has 2 aliphatic rings. The normalized spacial score (nSPS) is 21.1. The lowest BCUT2D eigenvalue weighted by Crippen LogP contribution is -2.49. The third-order valence-electron chi connectivity index (χ3n) is 6.71. The van der Waals surface area contributed by atoms with E-state index in [9.17, 15) is 9.90 Å². The molecule has 2 unspecified atom stereocenters. The van der Waals surface area contributed by atoms with Crippen molar-refractivity contribution < 1.29 is 14.6 Å². The standard InChI is InChI=1S/C26H29N3O3/c1-18-15-25-22(26(31)28(13-14-32-25)23-5-2-3-6-24(23)30)17-20(18)16-19-7-9-21(10-8-19)29-12-4-11-27-29/h4,7-12,15,17,23-24,30H,2-3,5-6,13-14,16H2,1H3. The van der Waals surface area contributed by atoms with E-state index in [4.69, 9.17) is 4.74 Å². The van der Waals surface area contributed by atoms with Crippen molar-refractivity contribution in [2.24, 2.45) is 0 Å². The van der Waals surface area contributed by atoms with Crippen LogP contribution in [0.15, 0.2) is 54.9 Å². The lowest BCUT2D eigenvalue weighted by Gasteiger charge is -2.36. The molecular formula is C26H29N3O3. The largest absolute Gasteiger partial charge is 0.491 e. The van der Waals surface area contributed by atoms with Crippen LogP contribution in [0.3, 0.4) is 0 Å². The molecule has 0 saturated heterocycles. The number of hydrogen-bond donors (Lipinski definition) is 1. The maximum atomic E-state index is 13.5. The molecule has 2 heterocycles. The van der Waals surface area contributed by atoms with Gasteiger partial charge in [-0.15, -0.1) is 0 Å². The first-order valence-electron chi connectivity index (χ1n) is 11.4. The predicted octanol–water partition coefficient (Wildman–Crippen LogP) is 3.91. The highest BCUT2D eigenvalue weighted by Crippen LogP contribution is 2.32. The maximum Gasteiger partial charge on any atom is 0.258 e. The molecule has 166 valence electrons. The van der Waals surface area contributed by atoms with Crippen LogP contribution in [0.4, 0.5) is 0 Å². The van der Waals surface area contributed by atoms with E-state index in [1.165, 1.54) is 5.56 Å². The van der Waals surface area contributed by atoms with E-state index in [0.717, 1.165) is 48.9 Å². The molecule has 0 radical (unpaired) electrons. The molecule has 6 nitrogen and oxygen atoms in total. The van der Waals surface area contributed by atoms with Gasteiger partial charge in [-0.3, -0.25) is 4.79 Å². The quantitative estimate of drug-likeness (QED) is 0.680. The first kappa shape index (κ1) is 20.8. The summed E-state index contributed by atoms with van der Waals surface area (Å²) in [5.41, 5.74) is 5.01. The first-order valence-corrected chi connectivity index (χ1v) is 11.4. The van der Waals surface area contributed by atoms with Crippen molar-refractivity contribution in [3.8, 4) is 11.4 Å². The van der Waals surface area contributed by atoms with Crippen LogP contribution in [0.1, 0.15) is 52.7 Å². The van der Waals surface area contributed by atoms with E-state index in [-0.39, 0.29) is 11.9 Å². The average molecular weight is 432 g/mol.